The van der Waals surface area contributed by atoms with E-state index in [1.807, 2.05) is 13.0 Å². The van der Waals surface area contributed by atoms with Gasteiger partial charge in [0.15, 0.2) is 0 Å². The maximum absolute atomic E-state index is 13.3. The molecule has 4 heteroatoms. The van der Waals surface area contributed by atoms with Gasteiger partial charge in [0.25, 0.3) is 0 Å². The zero-order valence-corrected chi connectivity index (χ0v) is 10.4. The van der Waals surface area contributed by atoms with Crippen LogP contribution in [-0.4, -0.2) is 6.54 Å². The summed E-state index contributed by atoms with van der Waals surface area (Å²) < 4.78 is 26.4. The monoisotopic (exact) mass is 258 g/mol. The molecular formula is C15H12F2N2. The molecule has 0 bridgehead atoms. The Bertz CT molecular complexity index is 632. The van der Waals surface area contributed by atoms with Crippen LogP contribution in [0.5, 0.6) is 0 Å². The maximum Gasteiger partial charge on any atom is 0.125 e. The van der Waals surface area contributed by atoms with Crippen molar-refractivity contribution in [2.45, 2.75) is 6.92 Å². The normalized spacial score (nSPS) is 10.0. The van der Waals surface area contributed by atoms with Gasteiger partial charge in [0.1, 0.15) is 17.7 Å². The van der Waals surface area contributed by atoms with E-state index in [0.29, 0.717) is 17.9 Å². The highest BCUT2D eigenvalue weighted by Crippen LogP contribution is 2.29. The molecule has 0 fully saturated rings. The van der Waals surface area contributed by atoms with Crippen LogP contribution in [0, 0.1) is 23.0 Å². The number of benzene rings is 2. The predicted molar refractivity (Wildman–Crippen MR) is 70.2 cm³/mol. The lowest BCUT2D eigenvalue weighted by atomic mass is 10.1. The highest BCUT2D eigenvalue weighted by Gasteiger charge is 2.13. The highest BCUT2D eigenvalue weighted by atomic mass is 19.1. The number of nitrogens with zero attached hydrogens (tertiary/aromatic N) is 2. The Hall–Kier alpha value is -2.41. The summed E-state index contributed by atoms with van der Waals surface area (Å²) >= 11 is 0. The first-order valence-electron chi connectivity index (χ1n) is 5.88. The molecule has 0 heterocycles. The lowest BCUT2D eigenvalue weighted by molar-refractivity contribution is 0.626. The predicted octanol–water partition coefficient (Wildman–Crippen LogP) is 3.99. The van der Waals surface area contributed by atoms with Crippen LogP contribution in [0.4, 0.5) is 20.2 Å². The number of halogens is 2. The summed E-state index contributed by atoms with van der Waals surface area (Å²) in [6, 6.07) is 12.0. The molecule has 0 unspecified atom stereocenters. The molecule has 0 aliphatic carbocycles. The van der Waals surface area contributed by atoms with Crippen molar-refractivity contribution in [3.63, 3.8) is 0 Å². The second-order valence-electron chi connectivity index (χ2n) is 4.00. The molecule has 0 spiro atoms. The molecule has 0 aliphatic heterocycles. The second kappa shape index (κ2) is 5.49. The minimum Gasteiger partial charge on any atom is -0.341 e. The van der Waals surface area contributed by atoms with Gasteiger partial charge in [-0.3, -0.25) is 0 Å². The molecule has 0 radical (unpaired) electrons. The Labute approximate surface area is 110 Å². The van der Waals surface area contributed by atoms with Gasteiger partial charge in [0, 0.05) is 12.2 Å². The van der Waals surface area contributed by atoms with E-state index < -0.39 is 5.82 Å². The van der Waals surface area contributed by atoms with Gasteiger partial charge < -0.3 is 4.90 Å². The molecule has 0 atom stereocenters. The van der Waals surface area contributed by atoms with Crippen LogP contribution >= 0.6 is 0 Å². The van der Waals surface area contributed by atoms with Crippen LogP contribution in [0.25, 0.3) is 0 Å². The minimum absolute atomic E-state index is 0.228. The molecular weight excluding hydrogens is 246 g/mol. The molecule has 0 saturated carbocycles. The van der Waals surface area contributed by atoms with Crippen LogP contribution in [0.15, 0.2) is 42.5 Å². The van der Waals surface area contributed by atoms with E-state index in [9.17, 15) is 8.78 Å². The van der Waals surface area contributed by atoms with Crippen molar-refractivity contribution >= 4 is 11.4 Å². The van der Waals surface area contributed by atoms with E-state index >= 15 is 0 Å². The lowest BCUT2D eigenvalue weighted by Crippen LogP contribution is -2.17. The summed E-state index contributed by atoms with van der Waals surface area (Å²) in [6.45, 7) is 2.43. The SMILES string of the molecule is CCN(c1cccc(F)c1)c1ccc(F)cc1C#N. The number of hydrogen-bond donors (Lipinski definition) is 0. The van der Waals surface area contributed by atoms with Crippen molar-refractivity contribution in [1.82, 2.24) is 0 Å². The molecule has 0 aliphatic rings. The highest BCUT2D eigenvalue weighted by molar-refractivity contribution is 5.69. The van der Waals surface area contributed by atoms with Crippen molar-refractivity contribution in [1.29, 1.82) is 5.26 Å². The molecule has 0 saturated heterocycles. The molecule has 2 aromatic rings. The molecule has 2 rings (SSSR count). The van der Waals surface area contributed by atoms with Crippen LogP contribution in [0.2, 0.25) is 0 Å². The van der Waals surface area contributed by atoms with Gasteiger partial charge in [-0.05, 0) is 43.3 Å². The van der Waals surface area contributed by atoms with E-state index in [1.165, 1.54) is 30.3 Å². The van der Waals surface area contributed by atoms with Gasteiger partial charge in [0.05, 0.1) is 11.3 Å². The third-order valence-corrected chi connectivity index (χ3v) is 2.81. The topological polar surface area (TPSA) is 27.0 Å². The van der Waals surface area contributed by atoms with Gasteiger partial charge in [-0.2, -0.15) is 5.26 Å². The third-order valence-electron chi connectivity index (χ3n) is 2.81. The maximum atomic E-state index is 13.3. The first-order valence-corrected chi connectivity index (χ1v) is 5.88. The van der Waals surface area contributed by atoms with Crippen LogP contribution in [0.3, 0.4) is 0 Å². The van der Waals surface area contributed by atoms with Gasteiger partial charge in [0.2, 0.25) is 0 Å². The summed E-state index contributed by atoms with van der Waals surface area (Å²) in [4.78, 5) is 1.76. The summed E-state index contributed by atoms with van der Waals surface area (Å²) in [5, 5.41) is 9.07. The molecule has 2 aromatic carbocycles. The van der Waals surface area contributed by atoms with Crippen LogP contribution < -0.4 is 4.90 Å². The molecule has 2 nitrogen and oxygen atoms in total. The van der Waals surface area contributed by atoms with Crippen molar-refractivity contribution in [3.05, 3.63) is 59.7 Å². The summed E-state index contributed by atoms with van der Waals surface area (Å²) in [5.74, 6) is -0.813. The Morgan fingerprint density at radius 1 is 1.11 bits per heavy atom. The number of hydrogen-bond acceptors (Lipinski definition) is 2. The molecule has 0 amide bonds. The van der Waals surface area contributed by atoms with Gasteiger partial charge in [-0.15, -0.1) is 0 Å². The zero-order valence-electron chi connectivity index (χ0n) is 10.4. The standard InChI is InChI=1S/C15H12F2N2/c1-2-19(14-5-3-4-12(16)9-14)15-7-6-13(17)8-11(15)10-18/h3-9H,2H2,1H3. The Morgan fingerprint density at radius 3 is 2.47 bits per heavy atom. The van der Waals surface area contributed by atoms with E-state index in [4.69, 9.17) is 5.26 Å². The first-order chi connectivity index (χ1) is 9.15. The number of rotatable bonds is 3. The summed E-state index contributed by atoms with van der Waals surface area (Å²) in [6.07, 6.45) is 0. The van der Waals surface area contributed by atoms with E-state index in [1.54, 1.807) is 17.0 Å². The minimum atomic E-state index is -0.462. The molecule has 19 heavy (non-hydrogen) atoms. The molecule has 0 aromatic heterocycles. The summed E-state index contributed by atoms with van der Waals surface area (Å²) in [7, 11) is 0. The van der Waals surface area contributed by atoms with Crippen molar-refractivity contribution in [3.8, 4) is 6.07 Å². The van der Waals surface area contributed by atoms with Crippen molar-refractivity contribution in [2.75, 3.05) is 11.4 Å². The average molecular weight is 258 g/mol. The lowest BCUT2D eigenvalue weighted by Gasteiger charge is -2.24. The third kappa shape index (κ3) is 2.71. The second-order valence-corrected chi connectivity index (χ2v) is 4.00. The molecule has 96 valence electrons. The largest absolute Gasteiger partial charge is 0.341 e. The fourth-order valence-electron chi connectivity index (χ4n) is 1.97. The Kier molecular flexibility index (Phi) is 3.76. The van der Waals surface area contributed by atoms with Gasteiger partial charge in [-0.25, -0.2) is 8.78 Å². The number of anilines is 2. The van der Waals surface area contributed by atoms with Gasteiger partial charge >= 0.3 is 0 Å². The molecule has 0 N–H and O–H groups in total. The Morgan fingerprint density at radius 2 is 1.84 bits per heavy atom. The van der Waals surface area contributed by atoms with E-state index in [-0.39, 0.29) is 11.4 Å². The quantitative estimate of drug-likeness (QED) is 0.832. The van der Waals surface area contributed by atoms with E-state index in [0.717, 1.165) is 0 Å². The van der Waals surface area contributed by atoms with E-state index in [2.05, 4.69) is 0 Å². The van der Waals surface area contributed by atoms with Crippen LogP contribution in [0.1, 0.15) is 12.5 Å². The summed E-state index contributed by atoms with van der Waals surface area (Å²) in [5.41, 5.74) is 1.42. The fraction of sp³-hybridized carbons (Fsp3) is 0.133. The van der Waals surface area contributed by atoms with Crippen LogP contribution in [-0.2, 0) is 0 Å². The van der Waals surface area contributed by atoms with Gasteiger partial charge in [-0.1, -0.05) is 6.07 Å². The Balaban J connectivity index is 2.52. The first kappa shape index (κ1) is 13.0. The van der Waals surface area contributed by atoms with Crippen molar-refractivity contribution in [2.24, 2.45) is 0 Å². The zero-order chi connectivity index (χ0) is 13.8. The number of nitriles is 1. The average Bonchev–Trinajstić information content (AvgIpc) is 2.41. The fourth-order valence-corrected chi connectivity index (χ4v) is 1.97. The van der Waals surface area contributed by atoms with Crippen molar-refractivity contribution < 1.29 is 8.78 Å². The smallest absolute Gasteiger partial charge is 0.125 e.